The van der Waals surface area contributed by atoms with Crippen LogP contribution in [0.4, 0.5) is 4.39 Å². The highest BCUT2D eigenvalue weighted by atomic mass is 79.9. The molecular weight excluding hydrogens is 531 g/mol. The van der Waals surface area contributed by atoms with E-state index in [9.17, 15) is 9.18 Å². The molecule has 0 saturated heterocycles. The third kappa shape index (κ3) is 5.65. The molecule has 0 aliphatic rings. The van der Waals surface area contributed by atoms with E-state index >= 15 is 0 Å². The van der Waals surface area contributed by atoms with Crippen molar-refractivity contribution in [2.24, 2.45) is 5.10 Å². The summed E-state index contributed by atoms with van der Waals surface area (Å²) in [5.74, 6) is -0.275. The van der Waals surface area contributed by atoms with E-state index in [4.69, 9.17) is 11.6 Å². The molecule has 11 heteroatoms. The van der Waals surface area contributed by atoms with Crippen LogP contribution in [0.1, 0.15) is 5.56 Å². The summed E-state index contributed by atoms with van der Waals surface area (Å²) in [6.07, 6.45) is 4.53. The van der Waals surface area contributed by atoms with E-state index in [-0.39, 0.29) is 22.2 Å². The summed E-state index contributed by atoms with van der Waals surface area (Å²) in [4.78, 5) is 16.3. The van der Waals surface area contributed by atoms with Gasteiger partial charge in [-0.3, -0.25) is 14.3 Å². The highest BCUT2D eigenvalue weighted by Crippen LogP contribution is 2.28. The average Bonchev–Trinajstić information content (AvgIpc) is 3.25. The van der Waals surface area contributed by atoms with Crippen molar-refractivity contribution in [2.75, 3.05) is 5.75 Å². The molecule has 2 aromatic carbocycles. The summed E-state index contributed by atoms with van der Waals surface area (Å²) in [7, 11) is 0. The number of nitrogens with one attached hydrogen (secondary N) is 1. The monoisotopic (exact) mass is 544 g/mol. The number of halogens is 3. The van der Waals surface area contributed by atoms with Crippen molar-refractivity contribution in [1.82, 2.24) is 25.2 Å². The molecule has 1 N–H and O–H groups in total. The Morgan fingerprint density at radius 1 is 1.15 bits per heavy atom. The van der Waals surface area contributed by atoms with Crippen LogP contribution >= 0.6 is 39.3 Å². The number of carbonyl (C=O) groups is 1. The SMILES string of the molecule is O=C(CSc1nnc(-c2ccncc2)n1-c1ccc(Br)cc1)NN=Cc1c(F)cccc1Cl. The van der Waals surface area contributed by atoms with Crippen molar-refractivity contribution < 1.29 is 9.18 Å². The molecule has 4 rings (SSSR count). The Morgan fingerprint density at radius 3 is 2.64 bits per heavy atom. The Labute approximate surface area is 206 Å². The number of aromatic nitrogens is 4. The number of hydrazone groups is 1. The smallest absolute Gasteiger partial charge is 0.250 e. The first kappa shape index (κ1) is 23.1. The van der Waals surface area contributed by atoms with Crippen LogP contribution < -0.4 is 5.43 Å². The predicted octanol–water partition coefficient (Wildman–Crippen LogP) is 5.13. The molecule has 0 aliphatic heterocycles. The third-order valence-corrected chi connectivity index (χ3v) is 6.16. The number of carbonyl (C=O) groups excluding carboxylic acids is 1. The van der Waals surface area contributed by atoms with E-state index in [1.807, 2.05) is 41.0 Å². The van der Waals surface area contributed by atoms with Crippen LogP contribution in [0.15, 0.2) is 81.7 Å². The fourth-order valence-electron chi connectivity index (χ4n) is 2.84. The highest BCUT2D eigenvalue weighted by molar-refractivity contribution is 9.10. The van der Waals surface area contributed by atoms with Crippen molar-refractivity contribution in [3.05, 3.63) is 87.9 Å². The second-order valence-electron chi connectivity index (χ2n) is 6.57. The molecule has 2 aromatic heterocycles. The van der Waals surface area contributed by atoms with Crippen LogP contribution in [0.25, 0.3) is 17.1 Å². The van der Waals surface area contributed by atoms with E-state index in [2.05, 4.69) is 41.6 Å². The number of amides is 1. The Morgan fingerprint density at radius 2 is 1.91 bits per heavy atom. The lowest BCUT2D eigenvalue weighted by molar-refractivity contribution is -0.118. The molecule has 0 fully saturated rings. The van der Waals surface area contributed by atoms with E-state index in [0.717, 1.165) is 15.7 Å². The normalized spacial score (nSPS) is 11.1. The van der Waals surface area contributed by atoms with Gasteiger partial charge in [0, 0.05) is 33.7 Å². The zero-order chi connectivity index (χ0) is 23.2. The maximum absolute atomic E-state index is 13.8. The second kappa shape index (κ2) is 10.7. The van der Waals surface area contributed by atoms with Crippen molar-refractivity contribution in [3.63, 3.8) is 0 Å². The molecule has 4 aromatic rings. The van der Waals surface area contributed by atoms with Gasteiger partial charge < -0.3 is 0 Å². The molecule has 33 heavy (non-hydrogen) atoms. The summed E-state index contributed by atoms with van der Waals surface area (Å²) in [6, 6.07) is 15.6. The minimum absolute atomic E-state index is 0.0212. The fraction of sp³-hybridized carbons (Fsp3) is 0.0455. The van der Waals surface area contributed by atoms with Gasteiger partial charge in [-0.25, -0.2) is 9.82 Å². The van der Waals surface area contributed by atoms with Crippen molar-refractivity contribution in [3.8, 4) is 17.1 Å². The molecule has 0 spiro atoms. The number of thioether (sulfide) groups is 1. The van der Waals surface area contributed by atoms with E-state index in [1.54, 1.807) is 18.5 Å². The van der Waals surface area contributed by atoms with Crippen LogP contribution in [0.2, 0.25) is 5.02 Å². The lowest BCUT2D eigenvalue weighted by atomic mass is 10.2. The molecule has 0 atom stereocenters. The number of hydrogen-bond acceptors (Lipinski definition) is 6. The van der Waals surface area contributed by atoms with E-state index in [1.165, 1.54) is 30.1 Å². The molecule has 0 unspecified atom stereocenters. The van der Waals surface area contributed by atoms with Crippen molar-refractivity contribution >= 4 is 51.4 Å². The fourth-order valence-corrected chi connectivity index (χ4v) is 4.06. The minimum atomic E-state index is -0.527. The number of rotatable bonds is 7. The van der Waals surface area contributed by atoms with Gasteiger partial charge in [-0.15, -0.1) is 10.2 Å². The molecule has 0 aliphatic carbocycles. The predicted molar refractivity (Wildman–Crippen MR) is 130 cm³/mol. The number of pyridine rings is 1. The largest absolute Gasteiger partial charge is 0.272 e. The average molecular weight is 546 g/mol. The Bertz CT molecular complexity index is 1280. The third-order valence-electron chi connectivity index (χ3n) is 4.37. The Balaban J connectivity index is 1.51. The van der Waals surface area contributed by atoms with Crippen LogP contribution in [-0.2, 0) is 4.79 Å². The maximum atomic E-state index is 13.8. The minimum Gasteiger partial charge on any atom is -0.272 e. The molecule has 166 valence electrons. The zero-order valence-electron chi connectivity index (χ0n) is 16.8. The maximum Gasteiger partial charge on any atom is 0.250 e. The van der Waals surface area contributed by atoms with Gasteiger partial charge in [-0.05, 0) is 48.5 Å². The van der Waals surface area contributed by atoms with Gasteiger partial charge in [0.1, 0.15) is 5.82 Å². The lowest BCUT2D eigenvalue weighted by Crippen LogP contribution is -2.20. The molecule has 7 nitrogen and oxygen atoms in total. The summed E-state index contributed by atoms with van der Waals surface area (Å²) in [5.41, 5.74) is 4.15. The van der Waals surface area contributed by atoms with Crippen LogP contribution in [-0.4, -0.2) is 37.6 Å². The Kier molecular flexibility index (Phi) is 7.48. The van der Waals surface area contributed by atoms with Crippen LogP contribution in [0.3, 0.4) is 0 Å². The number of nitrogens with zero attached hydrogens (tertiary/aromatic N) is 5. The van der Waals surface area contributed by atoms with Gasteiger partial charge in [0.05, 0.1) is 17.0 Å². The van der Waals surface area contributed by atoms with Gasteiger partial charge >= 0.3 is 0 Å². The quantitative estimate of drug-likeness (QED) is 0.198. The molecule has 0 saturated carbocycles. The van der Waals surface area contributed by atoms with Gasteiger partial charge in [-0.2, -0.15) is 5.10 Å². The molecule has 0 radical (unpaired) electrons. The molecule has 1 amide bonds. The first-order valence-electron chi connectivity index (χ1n) is 9.53. The van der Waals surface area contributed by atoms with Crippen LogP contribution in [0.5, 0.6) is 0 Å². The van der Waals surface area contributed by atoms with E-state index < -0.39 is 5.82 Å². The summed E-state index contributed by atoms with van der Waals surface area (Å²) >= 11 is 10.6. The summed E-state index contributed by atoms with van der Waals surface area (Å²) in [5, 5.41) is 13.1. The van der Waals surface area contributed by atoms with Gasteiger partial charge in [0.15, 0.2) is 11.0 Å². The van der Waals surface area contributed by atoms with E-state index in [0.29, 0.717) is 11.0 Å². The first-order valence-corrected chi connectivity index (χ1v) is 11.7. The topological polar surface area (TPSA) is 85.1 Å². The summed E-state index contributed by atoms with van der Waals surface area (Å²) in [6.45, 7) is 0. The lowest BCUT2D eigenvalue weighted by Gasteiger charge is -2.10. The van der Waals surface area contributed by atoms with Gasteiger partial charge in [-0.1, -0.05) is 45.4 Å². The van der Waals surface area contributed by atoms with Crippen molar-refractivity contribution in [2.45, 2.75) is 5.16 Å². The van der Waals surface area contributed by atoms with Gasteiger partial charge in [0.25, 0.3) is 5.91 Å². The first-order chi connectivity index (χ1) is 16.0. The zero-order valence-corrected chi connectivity index (χ0v) is 20.0. The number of benzene rings is 2. The van der Waals surface area contributed by atoms with Crippen LogP contribution in [0, 0.1) is 5.82 Å². The number of hydrogen-bond donors (Lipinski definition) is 1. The van der Waals surface area contributed by atoms with Gasteiger partial charge in [0.2, 0.25) is 0 Å². The molecule has 2 heterocycles. The Hall–Kier alpha value is -3.08. The highest BCUT2D eigenvalue weighted by Gasteiger charge is 2.17. The standard InChI is InChI=1S/C22H15BrClFN6OS/c23-15-4-6-16(7-5-15)31-21(14-8-10-26-11-9-14)29-30-22(31)33-13-20(32)28-27-12-17-18(24)2-1-3-19(17)25/h1-12H,13H2,(H,28,32). The molecular formula is C22H15BrClFN6OS. The van der Waals surface area contributed by atoms with Crippen molar-refractivity contribution in [1.29, 1.82) is 0 Å². The summed E-state index contributed by atoms with van der Waals surface area (Å²) < 4.78 is 16.6. The second-order valence-corrected chi connectivity index (χ2v) is 8.84. The molecule has 0 bridgehead atoms.